The molecule has 0 aromatic heterocycles. The molecule has 0 spiro atoms. The Kier molecular flexibility index (Phi) is 43.0. The van der Waals surface area contributed by atoms with Gasteiger partial charge in [0.2, 0.25) is 0 Å². The lowest BCUT2D eigenvalue weighted by molar-refractivity contribution is -0.167. The van der Waals surface area contributed by atoms with Crippen LogP contribution in [-0.4, -0.2) is 37.2 Å². The van der Waals surface area contributed by atoms with Crippen LogP contribution in [0.15, 0.2) is 72.9 Å². The molecule has 0 aliphatic carbocycles. The Labute approximate surface area is 351 Å². The zero-order valence-electron chi connectivity index (χ0n) is 37.1. The predicted octanol–water partition coefficient (Wildman–Crippen LogP) is 15.1. The third kappa shape index (κ3) is 43.8. The lowest BCUT2D eigenvalue weighted by Gasteiger charge is -2.18. The molecule has 0 aromatic rings. The molecule has 0 fully saturated rings. The molecule has 0 aromatic carbocycles. The first-order chi connectivity index (χ1) is 28.0. The number of carbonyl (C=O) groups is 3. The molecule has 6 heteroatoms. The maximum Gasteiger partial charge on any atom is 0.306 e. The summed E-state index contributed by atoms with van der Waals surface area (Å²) in [4.78, 5) is 37.7. The molecule has 0 aliphatic heterocycles. The lowest BCUT2D eigenvalue weighted by atomic mass is 10.1. The van der Waals surface area contributed by atoms with E-state index < -0.39 is 6.10 Å². The van der Waals surface area contributed by atoms with Crippen molar-refractivity contribution in [3.63, 3.8) is 0 Å². The summed E-state index contributed by atoms with van der Waals surface area (Å²) in [5.41, 5.74) is 0. The first-order valence-electron chi connectivity index (χ1n) is 23.5. The van der Waals surface area contributed by atoms with E-state index in [0.29, 0.717) is 19.3 Å². The number of carbonyl (C=O) groups excluding carboxylic acids is 3. The van der Waals surface area contributed by atoms with Crippen molar-refractivity contribution >= 4 is 17.9 Å². The summed E-state index contributed by atoms with van der Waals surface area (Å²) in [6.45, 7) is 6.41. The molecule has 0 aliphatic rings. The van der Waals surface area contributed by atoms with Crippen LogP contribution in [0.1, 0.15) is 213 Å². The van der Waals surface area contributed by atoms with Gasteiger partial charge in [-0.3, -0.25) is 14.4 Å². The summed E-state index contributed by atoms with van der Waals surface area (Å²) >= 11 is 0. The fraction of sp³-hybridized carbons (Fsp3) is 0.706. The van der Waals surface area contributed by atoms with Gasteiger partial charge >= 0.3 is 17.9 Å². The van der Waals surface area contributed by atoms with Crippen LogP contribution in [0.3, 0.4) is 0 Å². The highest BCUT2D eigenvalue weighted by Gasteiger charge is 2.19. The minimum atomic E-state index is -0.806. The summed E-state index contributed by atoms with van der Waals surface area (Å²) < 4.78 is 16.6. The van der Waals surface area contributed by atoms with Gasteiger partial charge in [0.15, 0.2) is 6.10 Å². The number of hydrogen-bond acceptors (Lipinski definition) is 6. The maximum absolute atomic E-state index is 12.7. The van der Waals surface area contributed by atoms with Crippen molar-refractivity contribution < 1.29 is 28.6 Å². The van der Waals surface area contributed by atoms with E-state index in [2.05, 4.69) is 93.7 Å². The van der Waals surface area contributed by atoms with E-state index in [4.69, 9.17) is 14.2 Å². The van der Waals surface area contributed by atoms with Crippen molar-refractivity contribution in [3.8, 4) is 0 Å². The molecule has 1 unspecified atom stereocenters. The Morgan fingerprint density at radius 3 is 1.25 bits per heavy atom. The van der Waals surface area contributed by atoms with Crippen LogP contribution < -0.4 is 0 Å². The van der Waals surface area contributed by atoms with E-state index in [1.807, 2.05) is 0 Å². The van der Waals surface area contributed by atoms with Crippen molar-refractivity contribution in [2.45, 2.75) is 219 Å². The molecule has 57 heavy (non-hydrogen) atoms. The summed E-state index contributed by atoms with van der Waals surface area (Å²) in [5.74, 6) is -0.983. The number of ether oxygens (including phenoxy) is 3. The molecule has 0 radical (unpaired) electrons. The van der Waals surface area contributed by atoms with E-state index in [-0.39, 0.29) is 37.5 Å². The summed E-state index contributed by atoms with van der Waals surface area (Å²) in [5, 5.41) is 0. The number of unbranched alkanes of at least 4 members (excludes halogenated alkanes) is 20. The predicted molar refractivity (Wildman–Crippen MR) is 242 cm³/mol. The van der Waals surface area contributed by atoms with Gasteiger partial charge < -0.3 is 14.2 Å². The molecule has 0 heterocycles. The molecule has 0 rings (SSSR count). The fourth-order valence-electron chi connectivity index (χ4n) is 6.23. The monoisotopic (exact) mass is 795 g/mol. The van der Waals surface area contributed by atoms with Crippen molar-refractivity contribution in [1.29, 1.82) is 0 Å². The van der Waals surface area contributed by atoms with Gasteiger partial charge in [-0.1, -0.05) is 196 Å². The Morgan fingerprint density at radius 1 is 0.386 bits per heavy atom. The molecular weight excluding hydrogens is 709 g/mol. The molecule has 0 amide bonds. The normalized spacial score (nSPS) is 12.7. The first kappa shape index (κ1) is 53.9. The average Bonchev–Trinajstić information content (AvgIpc) is 3.21. The van der Waals surface area contributed by atoms with Crippen LogP contribution in [0, 0.1) is 0 Å². The van der Waals surface area contributed by atoms with E-state index >= 15 is 0 Å². The van der Waals surface area contributed by atoms with Gasteiger partial charge in [-0.15, -0.1) is 0 Å². The van der Waals surface area contributed by atoms with Gasteiger partial charge in [-0.2, -0.15) is 0 Å². The van der Waals surface area contributed by atoms with E-state index in [9.17, 15) is 14.4 Å². The Hall–Kier alpha value is -3.15. The quantitative estimate of drug-likeness (QED) is 0.0202. The largest absolute Gasteiger partial charge is 0.462 e. The topological polar surface area (TPSA) is 78.9 Å². The molecule has 1 atom stereocenters. The van der Waals surface area contributed by atoms with Gasteiger partial charge in [-0.25, -0.2) is 0 Å². The van der Waals surface area contributed by atoms with E-state index in [1.54, 1.807) is 0 Å². The van der Waals surface area contributed by atoms with Crippen LogP contribution in [0.5, 0.6) is 0 Å². The molecule has 6 nitrogen and oxygen atoms in total. The fourth-order valence-corrected chi connectivity index (χ4v) is 6.23. The highest BCUT2D eigenvalue weighted by atomic mass is 16.6. The third-order valence-electron chi connectivity index (χ3n) is 9.76. The van der Waals surface area contributed by atoms with Gasteiger partial charge in [0.05, 0.1) is 0 Å². The van der Waals surface area contributed by atoms with Crippen molar-refractivity contribution in [2.24, 2.45) is 0 Å². The minimum Gasteiger partial charge on any atom is -0.462 e. The number of rotatable bonds is 41. The van der Waals surface area contributed by atoms with Gasteiger partial charge in [0.25, 0.3) is 0 Å². The summed E-state index contributed by atoms with van der Waals surface area (Å²) in [6.07, 6.45) is 56.1. The lowest BCUT2D eigenvalue weighted by Crippen LogP contribution is -2.30. The second-order valence-electron chi connectivity index (χ2n) is 15.3. The van der Waals surface area contributed by atoms with Crippen molar-refractivity contribution in [3.05, 3.63) is 72.9 Å². The zero-order valence-corrected chi connectivity index (χ0v) is 37.1. The summed E-state index contributed by atoms with van der Waals surface area (Å²) in [6, 6.07) is 0. The molecule has 0 bridgehead atoms. The second kappa shape index (κ2) is 45.6. The minimum absolute atomic E-state index is 0.102. The van der Waals surface area contributed by atoms with Gasteiger partial charge in [0.1, 0.15) is 13.2 Å². The van der Waals surface area contributed by atoms with Crippen molar-refractivity contribution in [2.75, 3.05) is 13.2 Å². The second-order valence-corrected chi connectivity index (χ2v) is 15.3. The highest BCUT2D eigenvalue weighted by molar-refractivity contribution is 5.71. The molecule has 326 valence electrons. The molecule has 0 saturated heterocycles. The number of esters is 3. The first-order valence-corrected chi connectivity index (χ1v) is 23.5. The van der Waals surface area contributed by atoms with E-state index in [1.165, 1.54) is 77.0 Å². The Bertz CT molecular complexity index is 1100. The van der Waals surface area contributed by atoms with Crippen LogP contribution in [0.2, 0.25) is 0 Å². The van der Waals surface area contributed by atoms with Crippen LogP contribution >= 0.6 is 0 Å². The SMILES string of the molecule is CC/C=C\C/C=C\C/C=C\CCCC(=O)OC(COC(=O)CCCCCCC\C=C/C=C\C=C/CCCCCCC)COC(=O)CCCCCCCCCCCC. The maximum atomic E-state index is 12.7. The Morgan fingerprint density at radius 2 is 0.772 bits per heavy atom. The van der Waals surface area contributed by atoms with E-state index in [0.717, 1.165) is 89.9 Å². The van der Waals surface area contributed by atoms with Crippen LogP contribution in [-0.2, 0) is 28.6 Å². The standard InChI is InChI=1S/C51H86O6/c1-4-7-10-13-16-19-22-23-24-25-26-27-28-30-32-35-38-41-44-50(53)56-47-48(46-55-49(52)43-40-37-34-31-21-18-15-12-9-6-3)57-51(54)45-42-39-36-33-29-20-17-14-11-8-5-2/h8,11,17,20,22-27,33,36,48H,4-7,9-10,12-16,18-19,21,28-32,34-35,37-47H2,1-3H3/b11-8-,20-17-,23-22-,25-24-,27-26-,36-33-. The highest BCUT2D eigenvalue weighted by Crippen LogP contribution is 2.13. The third-order valence-corrected chi connectivity index (χ3v) is 9.76. The molecule has 0 N–H and O–H groups in total. The smallest absolute Gasteiger partial charge is 0.306 e. The van der Waals surface area contributed by atoms with Crippen molar-refractivity contribution in [1.82, 2.24) is 0 Å². The van der Waals surface area contributed by atoms with Crippen LogP contribution in [0.4, 0.5) is 0 Å². The number of allylic oxidation sites excluding steroid dienone is 12. The molecule has 0 saturated carbocycles. The van der Waals surface area contributed by atoms with Gasteiger partial charge in [-0.05, 0) is 70.6 Å². The summed E-state index contributed by atoms with van der Waals surface area (Å²) in [7, 11) is 0. The Balaban J connectivity index is 4.43. The average molecular weight is 795 g/mol. The number of hydrogen-bond donors (Lipinski definition) is 0. The van der Waals surface area contributed by atoms with Crippen LogP contribution in [0.25, 0.3) is 0 Å². The zero-order chi connectivity index (χ0) is 41.5. The van der Waals surface area contributed by atoms with Gasteiger partial charge in [0, 0.05) is 19.3 Å². The molecular formula is C51H86O6.